The first kappa shape index (κ1) is 19.9. The normalized spacial score (nSPS) is 20.0. The molecular formula is C20H28F2N4O. The summed E-state index contributed by atoms with van der Waals surface area (Å²) < 4.78 is 29.4. The molecule has 0 radical (unpaired) electrons. The van der Waals surface area contributed by atoms with Crippen LogP contribution >= 0.6 is 0 Å². The van der Waals surface area contributed by atoms with Crippen molar-refractivity contribution >= 4 is 10.9 Å². The van der Waals surface area contributed by atoms with Gasteiger partial charge in [0, 0.05) is 32.2 Å². The molecule has 0 spiro atoms. The number of aromatic nitrogens is 2. The van der Waals surface area contributed by atoms with Crippen molar-refractivity contribution in [2.75, 3.05) is 19.6 Å². The summed E-state index contributed by atoms with van der Waals surface area (Å²) in [5.74, 6) is -1.48. The molecule has 5 nitrogen and oxygen atoms in total. The number of nitrogens with one attached hydrogen (secondary N) is 1. The van der Waals surface area contributed by atoms with Gasteiger partial charge in [-0.05, 0) is 38.8 Å². The molecule has 1 aliphatic rings. The molecule has 1 N–H and O–H groups in total. The Morgan fingerprint density at radius 3 is 2.78 bits per heavy atom. The summed E-state index contributed by atoms with van der Waals surface area (Å²) >= 11 is 0. The van der Waals surface area contributed by atoms with Crippen LogP contribution in [0.15, 0.2) is 16.9 Å². The predicted molar refractivity (Wildman–Crippen MR) is 103 cm³/mol. The van der Waals surface area contributed by atoms with Gasteiger partial charge in [0.25, 0.3) is 5.56 Å². The van der Waals surface area contributed by atoms with Crippen molar-refractivity contribution in [3.63, 3.8) is 0 Å². The lowest BCUT2D eigenvalue weighted by Gasteiger charge is -2.31. The van der Waals surface area contributed by atoms with Crippen LogP contribution in [0.2, 0.25) is 0 Å². The maximum atomic E-state index is 14.3. The van der Waals surface area contributed by atoms with Crippen molar-refractivity contribution in [2.24, 2.45) is 0 Å². The average Bonchev–Trinajstić information content (AvgIpc) is 2.87. The van der Waals surface area contributed by atoms with E-state index in [1.165, 1.54) is 10.6 Å². The second-order valence-corrected chi connectivity index (χ2v) is 7.26. The van der Waals surface area contributed by atoms with E-state index in [9.17, 15) is 13.6 Å². The number of benzene rings is 1. The van der Waals surface area contributed by atoms with Crippen molar-refractivity contribution in [2.45, 2.75) is 58.7 Å². The minimum absolute atomic E-state index is 0.0211. The highest BCUT2D eigenvalue weighted by Gasteiger charge is 2.27. The number of halogens is 2. The molecule has 2 atom stereocenters. The fourth-order valence-electron chi connectivity index (χ4n) is 3.91. The molecule has 1 saturated heterocycles. The van der Waals surface area contributed by atoms with Gasteiger partial charge in [-0.3, -0.25) is 14.3 Å². The van der Waals surface area contributed by atoms with E-state index in [0.717, 1.165) is 45.0 Å². The van der Waals surface area contributed by atoms with Gasteiger partial charge in [0.1, 0.15) is 11.2 Å². The molecule has 27 heavy (non-hydrogen) atoms. The van der Waals surface area contributed by atoms with Crippen LogP contribution in [0.5, 0.6) is 0 Å². The highest BCUT2D eigenvalue weighted by molar-refractivity contribution is 5.78. The SMILES string of the molecule is CCC[C@H](c1nc2ccc(F)c(F)c2c(=O)n1CC)N1CCNC(C)CC1. The van der Waals surface area contributed by atoms with Gasteiger partial charge in [-0.25, -0.2) is 13.8 Å². The van der Waals surface area contributed by atoms with Crippen LogP contribution in [0.1, 0.15) is 51.9 Å². The molecule has 0 amide bonds. The third-order valence-electron chi connectivity index (χ3n) is 5.40. The van der Waals surface area contributed by atoms with Gasteiger partial charge in [0.2, 0.25) is 0 Å². The van der Waals surface area contributed by atoms with Gasteiger partial charge in [-0.1, -0.05) is 13.3 Å². The smallest absolute Gasteiger partial charge is 0.264 e. The van der Waals surface area contributed by atoms with Crippen LogP contribution in [0.3, 0.4) is 0 Å². The highest BCUT2D eigenvalue weighted by atomic mass is 19.2. The molecule has 2 heterocycles. The van der Waals surface area contributed by atoms with Crippen LogP contribution in [-0.2, 0) is 6.54 Å². The number of nitrogens with zero attached hydrogens (tertiary/aromatic N) is 3. The lowest BCUT2D eigenvalue weighted by molar-refractivity contribution is 0.184. The van der Waals surface area contributed by atoms with Crippen molar-refractivity contribution in [3.05, 3.63) is 39.9 Å². The molecule has 7 heteroatoms. The number of hydrogen-bond donors (Lipinski definition) is 1. The van der Waals surface area contributed by atoms with Crippen molar-refractivity contribution in [3.8, 4) is 0 Å². The fraction of sp³-hybridized carbons (Fsp3) is 0.600. The molecule has 3 rings (SSSR count). The van der Waals surface area contributed by atoms with Crippen molar-refractivity contribution in [1.82, 2.24) is 19.8 Å². The zero-order valence-electron chi connectivity index (χ0n) is 16.3. The van der Waals surface area contributed by atoms with Gasteiger partial charge >= 0.3 is 0 Å². The fourth-order valence-corrected chi connectivity index (χ4v) is 3.91. The molecule has 2 aromatic rings. The molecule has 0 bridgehead atoms. The summed E-state index contributed by atoms with van der Waals surface area (Å²) in [5.41, 5.74) is -0.280. The lowest BCUT2D eigenvalue weighted by Crippen LogP contribution is -2.37. The zero-order chi connectivity index (χ0) is 19.6. The van der Waals surface area contributed by atoms with Gasteiger partial charge in [-0.15, -0.1) is 0 Å². The Labute approximate surface area is 158 Å². The lowest BCUT2D eigenvalue weighted by atomic mass is 10.1. The molecule has 0 saturated carbocycles. The van der Waals surface area contributed by atoms with Gasteiger partial charge in [0.15, 0.2) is 11.6 Å². The molecular weight excluding hydrogens is 350 g/mol. The second kappa shape index (κ2) is 8.44. The van der Waals surface area contributed by atoms with E-state index in [1.807, 2.05) is 6.92 Å². The molecule has 1 fully saturated rings. The standard InChI is InChI=1S/C20H28F2N4O/c1-4-6-16(25-11-9-13(3)23-10-12-25)19-24-15-8-7-14(21)18(22)17(15)20(27)26(19)5-2/h7-8,13,16,23H,4-6,9-12H2,1-3H3/t13?,16-/m1/s1. The third-order valence-corrected chi connectivity index (χ3v) is 5.40. The monoisotopic (exact) mass is 378 g/mol. The van der Waals surface area contributed by atoms with Crippen LogP contribution < -0.4 is 10.9 Å². The first-order valence-electron chi connectivity index (χ1n) is 9.83. The first-order valence-corrected chi connectivity index (χ1v) is 9.83. The maximum absolute atomic E-state index is 14.3. The number of hydrogen-bond acceptors (Lipinski definition) is 4. The van der Waals surface area contributed by atoms with Crippen LogP contribution in [-0.4, -0.2) is 40.1 Å². The molecule has 1 aliphatic heterocycles. The van der Waals surface area contributed by atoms with Gasteiger partial charge < -0.3 is 5.32 Å². The van der Waals surface area contributed by atoms with E-state index in [-0.39, 0.29) is 16.9 Å². The number of rotatable bonds is 5. The van der Waals surface area contributed by atoms with Crippen LogP contribution in [0, 0.1) is 11.6 Å². The molecule has 148 valence electrons. The first-order chi connectivity index (χ1) is 13.0. The maximum Gasteiger partial charge on any atom is 0.264 e. The Morgan fingerprint density at radius 2 is 2.07 bits per heavy atom. The predicted octanol–water partition coefficient (Wildman–Crippen LogP) is 3.22. The summed E-state index contributed by atoms with van der Waals surface area (Å²) in [6.45, 7) is 9.15. The van der Waals surface area contributed by atoms with Crippen molar-refractivity contribution < 1.29 is 8.78 Å². The van der Waals surface area contributed by atoms with Crippen LogP contribution in [0.25, 0.3) is 10.9 Å². The molecule has 1 aromatic carbocycles. The largest absolute Gasteiger partial charge is 0.313 e. The molecule has 0 aliphatic carbocycles. The molecule has 1 unspecified atom stereocenters. The van der Waals surface area contributed by atoms with E-state index >= 15 is 0 Å². The van der Waals surface area contributed by atoms with E-state index in [2.05, 4.69) is 29.0 Å². The van der Waals surface area contributed by atoms with Crippen LogP contribution in [0.4, 0.5) is 8.78 Å². The van der Waals surface area contributed by atoms with Gasteiger partial charge in [0.05, 0.1) is 11.6 Å². The van der Waals surface area contributed by atoms with Crippen molar-refractivity contribution in [1.29, 1.82) is 0 Å². The van der Waals surface area contributed by atoms with E-state index < -0.39 is 17.2 Å². The minimum Gasteiger partial charge on any atom is -0.313 e. The Kier molecular flexibility index (Phi) is 6.22. The summed E-state index contributed by atoms with van der Waals surface area (Å²) in [7, 11) is 0. The zero-order valence-corrected chi connectivity index (χ0v) is 16.3. The minimum atomic E-state index is -1.11. The average molecular weight is 378 g/mol. The molecule has 1 aromatic heterocycles. The summed E-state index contributed by atoms with van der Waals surface area (Å²) in [6, 6.07) is 2.86. The second-order valence-electron chi connectivity index (χ2n) is 7.26. The Hall–Kier alpha value is -1.86. The topological polar surface area (TPSA) is 50.2 Å². The quantitative estimate of drug-likeness (QED) is 0.868. The van der Waals surface area contributed by atoms with Gasteiger partial charge in [-0.2, -0.15) is 0 Å². The van der Waals surface area contributed by atoms with E-state index in [0.29, 0.717) is 18.4 Å². The Bertz CT molecular complexity index is 867. The Morgan fingerprint density at radius 1 is 1.30 bits per heavy atom. The highest BCUT2D eigenvalue weighted by Crippen LogP contribution is 2.27. The summed E-state index contributed by atoms with van der Waals surface area (Å²) in [5, 5.41) is 3.22. The summed E-state index contributed by atoms with van der Waals surface area (Å²) in [6.07, 6.45) is 2.82. The Balaban J connectivity index is 2.14. The number of fused-ring (bicyclic) bond motifs is 1. The summed E-state index contributed by atoms with van der Waals surface area (Å²) in [4.78, 5) is 20.0. The van der Waals surface area contributed by atoms with E-state index in [1.54, 1.807) is 0 Å². The third kappa shape index (κ3) is 3.89. The van der Waals surface area contributed by atoms with E-state index in [4.69, 9.17) is 0 Å².